The first kappa shape index (κ1) is 13.0. The van der Waals surface area contributed by atoms with E-state index in [4.69, 9.17) is 9.72 Å². The highest BCUT2D eigenvalue weighted by molar-refractivity contribution is 7.09. The van der Waals surface area contributed by atoms with E-state index >= 15 is 0 Å². The van der Waals surface area contributed by atoms with E-state index in [0.717, 1.165) is 31.1 Å². The number of nitrogens with zero attached hydrogens (tertiary/aromatic N) is 1. The maximum atomic E-state index is 9.42. The molecule has 96 valence electrons. The van der Waals surface area contributed by atoms with Gasteiger partial charge in [-0.1, -0.05) is 13.8 Å². The second kappa shape index (κ2) is 5.94. The van der Waals surface area contributed by atoms with Crippen LogP contribution in [-0.4, -0.2) is 29.9 Å². The Balaban J connectivity index is 2.08. The van der Waals surface area contributed by atoms with Gasteiger partial charge in [-0.15, -0.1) is 11.3 Å². The minimum atomic E-state index is 0.189. The standard InChI is InChI=1S/C13H21NO2S/c1-9(2)11(7-15)13-14-12(8-17-13)10-3-5-16-6-4-10/h8-11,15H,3-7H2,1-2H3. The molecule has 1 aromatic heterocycles. The van der Waals surface area contributed by atoms with Crippen LogP contribution >= 0.6 is 11.3 Å². The van der Waals surface area contributed by atoms with Gasteiger partial charge >= 0.3 is 0 Å². The van der Waals surface area contributed by atoms with E-state index < -0.39 is 0 Å². The van der Waals surface area contributed by atoms with E-state index in [0.29, 0.717) is 11.8 Å². The van der Waals surface area contributed by atoms with Crippen molar-refractivity contribution < 1.29 is 9.84 Å². The van der Waals surface area contributed by atoms with Gasteiger partial charge in [0.15, 0.2) is 0 Å². The molecule has 3 nitrogen and oxygen atoms in total. The monoisotopic (exact) mass is 255 g/mol. The number of aromatic nitrogens is 1. The predicted molar refractivity (Wildman–Crippen MR) is 69.6 cm³/mol. The van der Waals surface area contributed by atoms with Crippen molar-refractivity contribution in [3.05, 3.63) is 16.1 Å². The number of rotatable bonds is 4. The predicted octanol–water partition coefficient (Wildman–Crippen LogP) is 2.77. The molecule has 2 rings (SSSR count). The van der Waals surface area contributed by atoms with E-state index in [-0.39, 0.29) is 12.5 Å². The van der Waals surface area contributed by atoms with Crippen LogP contribution in [0.4, 0.5) is 0 Å². The van der Waals surface area contributed by atoms with Crippen molar-refractivity contribution in [2.75, 3.05) is 19.8 Å². The van der Waals surface area contributed by atoms with Gasteiger partial charge in [-0.2, -0.15) is 0 Å². The molecule has 1 N–H and O–H groups in total. The molecule has 1 fully saturated rings. The zero-order valence-electron chi connectivity index (χ0n) is 10.6. The van der Waals surface area contributed by atoms with Crippen molar-refractivity contribution in [3.8, 4) is 0 Å². The molecule has 0 bridgehead atoms. The zero-order chi connectivity index (χ0) is 12.3. The van der Waals surface area contributed by atoms with E-state index in [1.807, 2.05) is 0 Å². The third-order valence-electron chi connectivity index (χ3n) is 3.50. The molecule has 1 aliphatic rings. The van der Waals surface area contributed by atoms with Crippen LogP contribution in [0.1, 0.15) is 49.2 Å². The lowest BCUT2D eigenvalue weighted by atomic mass is 9.96. The number of aliphatic hydroxyl groups excluding tert-OH is 1. The lowest BCUT2D eigenvalue weighted by Crippen LogP contribution is -2.15. The Morgan fingerprint density at radius 2 is 2.18 bits per heavy atom. The van der Waals surface area contributed by atoms with Gasteiger partial charge in [0, 0.05) is 30.4 Å². The average Bonchev–Trinajstić information content (AvgIpc) is 2.80. The van der Waals surface area contributed by atoms with Crippen LogP contribution in [0.5, 0.6) is 0 Å². The third kappa shape index (κ3) is 3.06. The van der Waals surface area contributed by atoms with Gasteiger partial charge in [0.25, 0.3) is 0 Å². The van der Waals surface area contributed by atoms with Crippen LogP contribution in [0.2, 0.25) is 0 Å². The second-order valence-corrected chi connectivity index (χ2v) is 5.92. The molecule has 0 aromatic carbocycles. The van der Waals surface area contributed by atoms with Gasteiger partial charge in [0.05, 0.1) is 17.3 Å². The van der Waals surface area contributed by atoms with Crippen LogP contribution in [0.25, 0.3) is 0 Å². The summed E-state index contributed by atoms with van der Waals surface area (Å²) in [6, 6.07) is 0. The molecular formula is C13H21NO2S. The fourth-order valence-corrected chi connectivity index (χ4v) is 3.39. The summed E-state index contributed by atoms with van der Waals surface area (Å²) in [6.07, 6.45) is 2.16. The maximum absolute atomic E-state index is 9.42. The Hall–Kier alpha value is -0.450. The summed E-state index contributed by atoms with van der Waals surface area (Å²) >= 11 is 1.69. The molecular weight excluding hydrogens is 234 g/mol. The summed E-state index contributed by atoms with van der Waals surface area (Å²) in [5.41, 5.74) is 1.20. The summed E-state index contributed by atoms with van der Waals surface area (Å²) in [5, 5.41) is 12.7. The molecule has 1 aliphatic heterocycles. The number of hydrogen-bond donors (Lipinski definition) is 1. The molecule has 1 unspecified atom stereocenters. The summed E-state index contributed by atoms with van der Waals surface area (Å²) in [6.45, 7) is 6.17. The molecule has 0 amide bonds. The van der Waals surface area contributed by atoms with Crippen LogP contribution < -0.4 is 0 Å². The Morgan fingerprint density at radius 1 is 1.47 bits per heavy atom. The molecule has 4 heteroatoms. The summed E-state index contributed by atoms with van der Waals surface area (Å²) in [7, 11) is 0. The molecule has 0 saturated carbocycles. The first-order chi connectivity index (χ1) is 8.22. The molecule has 17 heavy (non-hydrogen) atoms. The Morgan fingerprint density at radius 3 is 2.76 bits per heavy atom. The number of hydrogen-bond acceptors (Lipinski definition) is 4. The quantitative estimate of drug-likeness (QED) is 0.899. The maximum Gasteiger partial charge on any atom is 0.0984 e. The zero-order valence-corrected chi connectivity index (χ0v) is 11.4. The molecule has 0 radical (unpaired) electrons. The summed E-state index contributed by atoms with van der Waals surface area (Å²) in [5.74, 6) is 1.18. The Bertz CT molecular complexity index is 345. The fourth-order valence-electron chi connectivity index (χ4n) is 2.23. The van der Waals surface area contributed by atoms with Crippen molar-refractivity contribution in [2.24, 2.45) is 5.92 Å². The summed E-state index contributed by atoms with van der Waals surface area (Å²) in [4.78, 5) is 4.73. The van der Waals surface area contributed by atoms with E-state index in [1.54, 1.807) is 11.3 Å². The number of thiazole rings is 1. The van der Waals surface area contributed by atoms with Crippen LogP contribution in [0.3, 0.4) is 0 Å². The average molecular weight is 255 g/mol. The van der Waals surface area contributed by atoms with Gasteiger partial charge in [0.2, 0.25) is 0 Å². The minimum absolute atomic E-state index is 0.189. The van der Waals surface area contributed by atoms with Crippen LogP contribution in [0, 0.1) is 5.92 Å². The normalized spacial score (nSPS) is 19.8. The lowest BCUT2D eigenvalue weighted by Gasteiger charge is -2.20. The third-order valence-corrected chi connectivity index (χ3v) is 4.49. The first-order valence-corrected chi connectivity index (χ1v) is 7.24. The van der Waals surface area contributed by atoms with Crippen molar-refractivity contribution in [2.45, 2.75) is 38.5 Å². The molecule has 0 spiro atoms. The molecule has 2 heterocycles. The van der Waals surface area contributed by atoms with E-state index in [2.05, 4.69) is 19.2 Å². The lowest BCUT2D eigenvalue weighted by molar-refractivity contribution is 0.0845. The molecule has 1 aromatic rings. The minimum Gasteiger partial charge on any atom is -0.396 e. The fraction of sp³-hybridized carbons (Fsp3) is 0.769. The van der Waals surface area contributed by atoms with Crippen molar-refractivity contribution >= 4 is 11.3 Å². The number of aliphatic hydroxyl groups is 1. The highest BCUT2D eigenvalue weighted by atomic mass is 32.1. The Labute approximate surface area is 107 Å². The largest absolute Gasteiger partial charge is 0.396 e. The highest BCUT2D eigenvalue weighted by Gasteiger charge is 2.22. The summed E-state index contributed by atoms with van der Waals surface area (Å²) < 4.78 is 5.37. The van der Waals surface area contributed by atoms with Crippen molar-refractivity contribution in [1.82, 2.24) is 4.98 Å². The smallest absolute Gasteiger partial charge is 0.0984 e. The molecule has 0 aliphatic carbocycles. The highest BCUT2D eigenvalue weighted by Crippen LogP contribution is 2.32. The van der Waals surface area contributed by atoms with Gasteiger partial charge in [-0.05, 0) is 18.8 Å². The van der Waals surface area contributed by atoms with Gasteiger partial charge in [-0.3, -0.25) is 0 Å². The SMILES string of the molecule is CC(C)C(CO)c1nc(C2CCOCC2)cs1. The van der Waals surface area contributed by atoms with Crippen LogP contribution in [0.15, 0.2) is 5.38 Å². The Kier molecular flexibility index (Phi) is 4.54. The van der Waals surface area contributed by atoms with Crippen LogP contribution in [-0.2, 0) is 4.74 Å². The van der Waals surface area contributed by atoms with E-state index in [1.165, 1.54) is 5.69 Å². The van der Waals surface area contributed by atoms with Crippen molar-refractivity contribution in [1.29, 1.82) is 0 Å². The topological polar surface area (TPSA) is 42.4 Å². The molecule has 1 atom stereocenters. The van der Waals surface area contributed by atoms with Crippen molar-refractivity contribution in [3.63, 3.8) is 0 Å². The van der Waals surface area contributed by atoms with E-state index in [9.17, 15) is 5.11 Å². The first-order valence-electron chi connectivity index (χ1n) is 6.36. The van der Waals surface area contributed by atoms with Gasteiger partial charge in [0.1, 0.15) is 0 Å². The second-order valence-electron chi connectivity index (χ2n) is 5.03. The number of ether oxygens (including phenoxy) is 1. The van der Waals surface area contributed by atoms with Gasteiger partial charge in [-0.25, -0.2) is 4.98 Å². The van der Waals surface area contributed by atoms with Gasteiger partial charge < -0.3 is 9.84 Å². The molecule has 1 saturated heterocycles.